The maximum atomic E-state index is 12.1. The van der Waals surface area contributed by atoms with Crippen LogP contribution in [0.25, 0.3) is 0 Å². The molecule has 0 spiro atoms. The fourth-order valence-corrected chi connectivity index (χ4v) is 2.54. The fourth-order valence-electron chi connectivity index (χ4n) is 2.54. The summed E-state index contributed by atoms with van der Waals surface area (Å²) in [6.07, 6.45) is 1.06. The van der Waals surface area contributed by atoms with Crippen LogP contribution in [0.3, 0.4) is 0 Å². The molecule has 5 heteroatoms. The molecule has 1 heterocycles. The predicted molar refractivity (Wildman–Crippen MR) is 78.2 cm³/mol. The minimum atomic E-state index is -0.791. The van der Waals surface area contributed by atoms with Gasteiger partial charge in [0.05, 0.1) is 13.0 Å². The Labute approximate surface area is 124 Å². The van der Waals surface area contributed by atoms with E-state index in [0.717, 1.165) is 11.3 Å². The number of carboxylic acids is 1. The van der Waals surface area contributed by atoms with E-state index in [1.807, 2.05) is 24.3 Å². The molecule has 1 aromatic carbocycles. The zero-order valence-electron chi connectivity index (χ0n) is 12.4. The highest BCUT2D eigenvalue weighted by Gasteiger charge is 2.36. The summed E-state index contributed by atoms with van der Waals surface area (Å²) >= 11 is 0. The number of ether oxygens (including phenoxy) is 1. The number of benzene rings is 1. The lowest BCUT2D eigenvalue weighted by Crippen LogP contribution is -2.53. The molecule has 0 aliphatic carbocycles. The van der Waals surface area contributed by atoms with Crippen LogP contribution in [0.5, 0.6) is 5.75 Å². The highest BCUT2D eigenvalue weighted by molar-refractivity contribution is 5.78. The second-order valence-electron chi connectivity index (χ2n) is 5.50. The van der Waals surface area contributed by atoms with Crippen molar-refractivity contribution in [2.75, 3.05) is 20.2 Å². The molecule has 1 saturated heterocycles. The van der Waals surface area contributed by atoms with Gasteiger partial charge in [0, 0.05) is 25.4 Å². The second kappa shape index (κ2) is 6.61. The van der Waals surface area contributed by atoms with Gasteiger partial charge in [-0.2, -0.15) is 0 Å². The molecule has 1 fully saturated rings. The Bertz CT molecular complexity index is 523. The Morgan fingerprint density at radius 2 is 2.05 bits per heavy atom. The molecule has 114 valence electrons. The molecule has 0 radical (unpaired) electrons. The van der Waals surface area contributed by atoms with Crippen LogP contribution in [-0.2, 0) is 16.0 Å². The van der Waals surface area contributed by atoms with Crippen molar-refractivity contribution in [3.8, 4) is 5.75 Å². The molecule has 0 saturated carbocycles. The second-order valence-corrected chi connectivity index (χ2v) is 5.50. The standard InChI is InChI=1S/C16H21NO4/c1-11(16(19)20)13-9-17(10-13)15(18)8-7-12-5-3-4-6-14(12)21-2/h3-6,11,13H,7-10H2,1-2H3,(H,19,20). The van der Waals surface area contributed by atoms with Crippen molar-refractivity contribution in [1.29, 1.82) is 0 Å². The molecular weight excluding hydrogens is 270 g/mol. The number of nitrogens with zero attached hydrogens (tertiary/aromatic N) is 1. The number of carbonyl (C=O) groups excluding carboxylic acids is 1. The van der Waals surface area contributed by atoms with Crippen LogP contribution in [-0.4, -0.2) is 42.1 Å². The van der Waals surface area contributed by atoms with E-state index in [0.29, 0.717) is 25.9 Å². The molecule has 1 unspecified atom stereocenters. The number of amides is 1. The summed E-state index contributed by atoms with van der Waals surface area (Å²) in [4.78, 5) is 24.7. The van der Waals surface area contributed by atoms with Crippen molar-refractivity contribution in [1.82, 2.24) is 4.90 Å². The van der Waals surface area contributed by atoms with E-state index < -0.39 is 5.97 Å². The van der Waals surface area contributed by atoms with Crippen LogP contribution in [0.15, 0.2) is 24.3 Å². The number of hydrogen-bond donors (Lipinski definition) is 1. The molecule has 2 rings (SSSR count). The molecule has 21 heavy (non-hydrogen) atoms. The number of hydrogen-bond acceptors (Lipinski definition) is 3. The highest BCUT2D eigenvalue weighted by Crippen LogP contribution is 2.25. The average Bonchev–Trinajstić information content (AvgIpc) is 2.43. The summed E-state index contributed by atoms with van der Waals surface area (Å²) in [6, 6.07) is 7.67. The maximum Gasteiger partial charge on any atom is 0.306 e. The molecule has 1 aliphatic rings. The third-order valence-corrected chi connectivity index (χ3v) is 4.16. The lowest BCUT2D eigenvalue weighted by molar-refractivity contribution is -0.150. The summed E-state index contributed by atoms with van der Waals surface area (Å²) in [5, 5.41) is 8.93. The summed E-state index contributed by atoms with van der Waals surface area (Å²) < 4.78 is 5.26. The summed E-state index contributed by atoms with van der Waals surface area (Å²) in [7, 11) is 1.62. The smallest absolute Gasteiger partial charge is 0.306 e. The molecule has 1 atom stereocenters. The summed E-state index contributed by atoms with van der Waals surface area (Å²) in [5.74, 6) is -0.219. The number of para-hydroxylation sites is 1. The zero-order valence-corrected chi connectivity index (χ0v) is 12.4. The first-order chi connectivity index (χ1) is 10.0. The number of likely N-dealkylation sites (tertiary alicyclic amines) is 1. The van der Waals surface area contributed by atoms with Gasteiger partial charge < -0.3 is 14.7 Å². The number of aryl methyl sites for hydroxylation is 1. The van der Waals surface area contributed by atoms with Gasteiger partial charge in [-0.15, -0.1) is 0 Å². The van der Waals surface area contributed by atoms with Gasteiger partial charge >= 0.3 is 5.97 Å². The number of carboxylic acid groups (broad SMARTS) is 1. The Kier molecular flexibility index (Phi) is 4.83. The van der Waals surface area contributed by atoms with E-state index in [1.165, 1.54) is 0 Å². The Morgan fingerprint density at radius 3 is 2.67 bits per heavy atom. The van der Waals surface area contributed by atoms with Gasteiger partial charge in [0.25, 0.3) is 0 Å². The molecule has 0 aromatic heterocycles. The first-order valence-electron chi connectivity index (χ1n) is 7.15. The number of methoxy groups -OCH3 is 1. The normalized spacial score (nSPS) is 16.2. The lowest BCUT2D eigenvalue weighted by Gasteiger charge is -2.41. The minimum absolute atomic E-state index is 0.0785. The number of aliphatic carboxylic acids is 1. The van der Waals surface area contributed by atoms with Crippen LogP contribution >= 0.6 is 0 Å². The SMILES string of the molecule is COc1ccccc1CCC(=O)N1CC(C(C)C(=O)O)C1. The Balaban J connectivity index is 1.80. The van der Waals surface area contributed by atoms with Gasteiger partial charge in [0.1, 0.15) is 5.75 Å². The molecule has 0 bridgehead atoms. The van der Waals surface area contributed by atoms with Crippen LogP contribution in [0.4, 0.5) is 0 Å². The van der Waals surface area contributed by atoms with Crippen LogP contribution < -0.4 is 4.74 Å². The van der Waals surface area contributed by atoms with Crippen molar-refractivity contribution in [3.05, 3.63) is 29.8 Å². The van der Waals surface area contributed by atoms with E-state index >= 15 is 0 Å². The molecule has 1 amide bonds. The van der Waals surface area contributed by atoms with Crippen LogP contribution in [0.1, 0.15) is 18.9 Å². The zero-order chi connectivity index (χ0) is 15.4. The summed E-state index contributed by atoms with van der Waals surface area (Å²) in [5.41, 5.74) is 1.02. The first kappa shape index (κ1) is 15.4. The van der Waals surface area contributed by atoms with Crippen molar-refractivity contribution in [2.24, 2.45) is 11.8 Å². The van der Waals surface area contributed by atoms with Gasteiger partial charge in [-0.3, -0.25) is 9.59 Å². The van der Waals surface area contributed by atoms with E-state index in [1.54, 1.807) is 18.9 Å². The Morgan fingerprint density at radius 1 is 1.38 bits per heavy atom. The van der Waals surface area contributed by atoms with Gasteiger partial charge in [0.2, 0.25) is 5.91 Å². The van der Waals surface area contributed by atoms with E-state index in [9.17, 15) is 9.59 Å². The molecule has 1 aliphatic heterocycles. The van der Waals surface area contributed by atoms with Gasteiger partial charge in [-0.05, 0) is 18.1 Å². The average molecular weight is 291 g/mol. The fraction of sp³-hybridized carbons (Fsp3) is 0.500. The van der Waals surface area contributed by atoms with E-state index in [-0.39, 0.29) is 17.7 Å². The minimum Gasteiger partial charge on any atom is -0.496 e. The lowest BCUT2D eigenvalue weighted by atomic mass is 9.87. The number of carbonyl (C=O) groups is 2. The van der Waals surface area contributed by atoms with Crippen molar-refractivity contribution in [3.63, 3.8) is 0 Å². The monoisotopic (exact) mass is 291 g/mol. The molecular formula is C16H21NO4. The highest BCUT2D eigenvalue weighted by atomic mass is 16.5. The van der Waals surface area contributed by atoms with E-state index in [4.69, 9.17) is 9.84 Å². The van der Waals surface area contributed by atoms with Gasteiger partial charge in [-0.25, -0.2) is 0 Å². The number of rotatable bonds is 6. The van der Waals surface area contributed by atoms with Gasteiger partial charge in [0.15, 0.2) is 0 Å². The quantitative estimate of drug-likeness (QED) is 0.868. The Hall–Kier alpha value is -2.04. The van der Waals surface area contributed by atoms with Crippen molar-refractivity contribution >= 4 is 11.9 Å². The van der Waals surface area contributed by atoms with Crippen molar-refractivity contribution < 1.29 is 19.4 Å². The van der Waals surface area contributed by atoms with Crippen LogP contribution in [0, 0.1) is 11.8 Å². The first-order valence-corrected chi connectivity index (χ1v) is 7.15. The van der Waals surface area contributed by atoms with E-state index in [2.05, 4.69) is 0 Å². The van der Waals surface area contributed by atoms with Gasteiger partial charge in [-0.1, -0.05) is 25.1 Å². The molecule has 5 nitrogen and oxygen atoms in total. The largest absolute Gasteiger partial charge is 0.496 e. The third kappa shape index (κ3) is 3.54. The molecule has 1 N–H and O–H groups in total. The maximum absolute atomic E-state index is 12.1. The molecule has 1 aromatic rings. The topological polar surface area (TPSA) is 66.8 Å². The third-order valence-electron chi connectivity index (χ3n) is 4.16. The summed E-state index contributed by atoms with van der Waals surface area (Å²) in [6.45, 7) is 2.81. The van der Waals surface area contributed by atoms with Crippen LogP contribution in [0.2, 0.25) is 0 Å². The predicted octanol–water partition coefficient (Wildman–Crippen LogP) is 1.81. The van der Waals surface area contributed by atoms with Crippen molar-refractivity contribution in [2.45, 2.75) is 19.8 Å².